The topological polar surface area (TPSA) is 66.6 Å². The third-order valence-electron chi connectivity index (χ3n) is 3.13. The second kappa shape index (κ2) is 3.85. The van der Waals surface area contributed by atoms with Crippen molar-refractivity contribution in [3.63, 3.8) is 0 Å². The average Bonchev–Trinajstić information content (AvgIpc) is 2.96. The second-order valence-corrected chi connectivity index (χ2v) is 4.30. The van der Waals surface area contributed by atoms with Crippen LogP contribution in [0.4, 0.5) is 0 Å². The third kappa shape index (κ3) is 1.78. The van der Waals surface area contributed by atoms with E-state index in [0.717, 1.165) is 24.3 Å². The van der Waals surface area contributed by atoms with Crippen LogP contribution in [0.2, 0.25) is 0 Å². The van der Waals surface area contributed by atoms with Crippen molar-refractivity contribution in [1.82, 2.24) is 14.7 Å². The zero-order valence-corrected chi connectivity index (χ0v) is 9.26. The smallest absolute Gasteiger partial charge is 0.337 e. The highest BCUT2D eigenvalue weighted by Crippen LogP contribution is 2.22. The molecule has 1 aliphatic rings. The molecule has 2 aromatic rings. The van der Waals surface area contributed by atoms with Crippen molar-refractivity contribution in [2.24, 2.45) is 0 Å². The molecule has 5 nitrogen and oxygen atoms in total. The molecule has 88 valence electrons. The first kappa shape index (κ1) is 10.3. The van der Waals surface area contributed by atoms with Crippen LogP contribution in [0.5, 0.6) is 0 Å². The second-order valence-electron chi connectivity index (χ2n) is 4.30. The Morgan fingerprint density at radius 1 is 1.47 bits per heavy atom. The molecule has 0 aliphatic carbocycles. The van der Waals surface area contributed by atoms with Crippen LogP contribution in [0.25, 0.3) is 5.65 Å². The van der Waals surface area contributed by atoms with Gasteiger partial charge < -0.3 is 14.8 Å². The van der Waals surface area contributed by atoms with E-state index < -0.39 is 5.97 Å². The maximum Gasteiger partial charge on any atom is 0.337 e. The minimum Gasteiger partial charge on any atom is -0.478 e. The third-order valence-corrected chi connectivity index (χ3v) is 3.13. The van der Waals surface area contributed by atoms with Crippen LogP contribution in [-0.2, 0) is 0 Å². The standard InChI is InChI=1S/C12H13N3O2/c16-12(17)8-3-4-11-14-10(7-15(11)6-8)9-2-1-5-13-9/h3-4,6-7,9,13H,1-2,5H2,(H,16,17). The molecule has 17 heavy (non-hydrogen) atoms. The number of carboxylic acids is 1. The first-order valence-corrected chi connectivity index (χ1v) is 5.69. The molecule has 2 aromatic heterocycles. The van der Waals surface area contributed by atoms with Crippen LogP contribution >= 0.6 is 0 Å². The Bertz CT molecular complexity index is 570. The quantitative estimate of drug-likeness (QED) is 0.821. The number of aromatic carboxylic acids is 1. The van der Waals surface area contributed by atoms with Gasteiger partial charge in [0, 0.05) is 12.4 Å². The summed E-state index contributed by atoms with van der Waals surface area (Å²) in [4.78, 5) is 15.4. The monoisotopic (exact) mass is 231 g/mol. The number of carboxylic acid groups (broad SMARTS) is 1. The predicted molar refractivity (Wildman–Crippen MR) is 62.1 cm³/mol. The first-order chi connectivity index (χ1) is 8.24. The zero-order valence-electron chi connectivity index (χ0n) is 9.26. The Labute approximate surface area is 98.1 Å². The number of pyridine rings is 1. The molecule has 0 spiro atoms. The highest BCUT2D eigenvalue weighted by atomic mass is 16.4. The number of hydrogen-bond donors (Lipinski definition) is 2. The van der Waals surface area contributed by atoms with E-state index in [4.69, 9.17) is 5.11 Å². The maximum atomic E-state index is 10.9. The number of nitrogens with zero attached hydrogens (tertiary/aromatic N) is 2. The van der Waals surface area contributed by atoms with Gasteiger partial charge in [0.15, 0.2) is 0 Å². The highest BCUT2D eigenvalue weighted by molar-refractivity contribution is 5.87. The van der Waals surface area contributed by atoms with E-state index in [1.54, 1.807) is 22.7 Å². The largest absolute Gasteiger partial charge is 0.478 e. The fourth-order valence-corrected chi connectivity index (χ4v) is 2.24. The van der Waals surface area contributed by atoms with Gasteiger partial charge in [-0.3, -0.25) is 0 Å². The van der Waals surface area contributed by atoms with Gasteiger partial charge >= 0.3 is 5.97 Å². The lowest BCUT2D eigenvalue weighted by atomic mass is 10.2. The SMILES string of the molecule is O=C(O)c1ccc2nc(C3CCCN3)cn2c1. The fraction of sp³-hybridized carbons (Fsp3) is 0.333. The van der Waals surface area contributed by atoms with Crippen LogP contribution in [0, 0.1) is 0 Å². The Balaban J connectivity index is 2.03. The summed E-state index contributed by atoms with van der Waals surface area (Å²) in [5, 5.41) is 12.3. The number of aromatic nitrogens is 2. The summed E-state index contributed by atoms with van der Waals surface area (Å²) in [6, 6.07) is 3.63. The molecule has 1 aliphatic heterocycles. The summed E-state index contributed by atoms with van der Waals surface area (Å²) in [5.41, 5.74) is 2.06. The molecule has 2 N–H and O–H groups in total. The highest BCUT2D eigenvalue weighted by Gasteiger charge is 2.19. The van der Waals surface area contributed by atoms with E-state index in [0.29, 0.717) is 6.04 Å². The van der Waals surface area contributed by atoms with Crippen LogP contribution < -0.4 is 5.32 Å². The van der Waals surface area contributed by atoms with E-state index in [2.05, 4.69) is 10.3 Å². The molecule has 0 saturated carbocycles. The lowest BCUT2D eigenvalue weighted by Crippen LogP contribution is -2.12. The normalized spacial score (nSPS) is 19.9. The van der Waals surface area contributed by atoms with Gasteiger partial charge in [-0.2, -0.15) is 0 Å². The average molecular weight is 231 g/mol. The van der Waals surface area contributed by atoms with Crippen molar-refractivity contribution >= 4 is 11.6 Å². The lowest BCUT2D eigenvalue weighted by molar-refractivity contribution is 0.0696. The van der Waals surface area contributed by atoms with Crippen molar-refractivity contribution < 1.29 is 9.90 Å². The summed E-state index contributed by atoms with van der Waals surface area (Å²) in [7, 11) is 0. The Morgan fingerprint density at radius 2 is 2.35 bits per heavy atom. The van der Waals surface area contributed by atoms with Crippen molar-refractivity contribution in [2.45, 2.75) is 18.9 Å². The van der Waals surface area contributed by atoms with Crippen molar-refractivity contribution in [2.75, 3.05) is 6.54 Å². The van der Waals surface area contributed by atoms with E-state index >= 15 is 0 Å². The van der Waals surface area contributed by atoms with Crippen LogP contribution in [0.3, 0.4) is 0 Å². The number of carbonyl (C=O) groups is 1. The molecule has 1 saturated heterocycles. The minimum absolute atomic E-state index is 0.279. The summed E-state index contributed by atoms with van der Waals surface area (Å²) >= 11 is 0. The molecule has 3 heterocycles. The molecule has 0 aromatic carbocycles. The number of hydrogen-bond acceptors (Lipinski definition) is 3. The Hall–Kier alpha value is -1.88. The van der Waals surface area contributed by atoms with E-state index in [9.17, 15) is 4.79 Å². The summed E-state index contributed by atoms with van der Waals surface area (Å²) in [6.07, 6.45) is 5.77. The molecule has 0 bridgehead atoms. The Morgan fingerprint density at radius 3 is 3.06 bits per heavy atom. The number of nitrogens with one attached hydrogen (secondary N) is 1. The Kier molecular flexibility index (Phi) is 2.33. The van der Waals surface area contributed by atoms with E-state index in [1.807, 2.05) is 6.20 Å². The van der Waals surface area contributed by atoms with E-state index in [-0.39, 0.29) is 5.56 Å². The summed E-state index contributed by atoms with van der Waals surface area (Å²) in [5.74, 6) is -0.916. The molecule has 5 heteroatoms. The molecule has 1 unspecified atom stereocenters. The van der Waals surface area contributed by atoms with Crippen molar-refractivity contribution in [1.29, 1.82) is 0 Å². The van der Waals surface area contributed by atoms with Gasteiger partial charge in [0.25, 0.3) is 0 Å². The molecular formula is C12H13N3O2. The van der Waals surface area contributed by atoms with Gasteiger partial charge in [-0.05, 0) is 31.5 Å². The van der Waals surface area contributed by atoms with Gasteiger partial charge in [0.2, 0.25) is 0 Å². The van der Waals surface area contributed by atoms with Gasteiger partial charge in [-0.25, -0.2) is 9.78 Å². The molecule has 0 amide bonds. The molecule has 0 radical (unpaired) electrons. The molecular weight excluding hydrogens is 218 g/mol. The van der Waals surface area contributed by atoms with Crippen molar-refractivity contribution in [3.05, 3.63) is 35.8 Å². The minimum atomic E-state index is -0.916. The van der Waals surface area contributed by atoms with Crippen LogP contribution in [0.1, 0.15) is 34.9 Å². The van der Waals surface area contributed by atoms with Gasteiger partial charge in [-0.1, -0.05) is 0 Å². The molecule has 3 rings (SSSR count). The van der Waals surface area contributed by atoms with Gasteiger partial charge in [0.05, 0.1) is 17.3 Å². The van der Waals surface area contributed by atoms with Crippen LogP contribution in [-0.4, -0.2) is 27.0 Å². The number of imidazole rings is 1. The molecule has 1 atom stereocenters. The van der Waals surface area contributed by atoms with Crippen LogP contribution in [0.15, 0.2) is 24.5 Å². The number of fused-ring (bicyclic) bond motifs is 1. The first-order valence-electron chi connectivity index (χ1n) is 5.69. The van der Waals surface area contributed by atoms with Gasteiger partial charge in [-0.15, -0.1) is 0 Å². The fourth-order valence-electron chi connectivity index (χ4n) is 2.24. The van der Waals surface area contributed by atoms with Gasteiger partial charge in [0.1, 0.15) is 5.65 Å². The number of rotatable bonds is 2. The maximum absolute atomic E-state index is 10.9. The lowest BCUT2D eigenvalue weighted by Gasteiger charge is -2.04. The summed E-state index contributed by atoms with van der Waals surface area (Å²) < 4.78 is 1.78. The van der Waals surface area contributed by atoms with E-state index in [1.165, 1.54) is 6.42 Å². The predicted octanol–water partition coefficient (Wildman–Crippen LogP) is 1.46. The molecule has 1 fully saturated rings. The van der Waals surface area contributed by atoms with Crippen molar-refractivity contribution in [3.8, 4) is 0 Å². The summed E-state index contributed by atoms with van der Waals surface area (Å²) in [6.45, 7) is 1.03. The zero-order chi connectivity index (χ0) is 11.8.